The summed E-state index contributed by atoms with van der Waals surface area (Å²) in [7, 11) is 1.54. The van der Waals surface area contributed by atoms with E-state index >= 15 is 0 Å². The van der Waals surface area contributed by atoms with Crippen LogP contribution < -0.4 is 11.5 Å². The highest BCUT2D eigenvalue weighted by atomic mass is 19.1. The van der Waals surface area contributed by atoms with Crippen LogP contribution in [0.5, 0.6) is 0 Å². The van der Waals surface area contributed by atoms with E-state index in [0.717, 1.165) is 0 Å². The van der Waals surface area contributed by atoms with Gasteiger partial charge in [0.05, 0.1) is 0 Å². The molecule has 0 radical (unpaired) electrons. The number of hydrogen-bond donors (Lipinski definition) is 2. The fraction of sp³-hybridized carbons (Fsp3) is 0.100. The molecule has 0 aliphatic carbocycles. The first-order chi connectivity index (χ1) is 6.65. The minimum atomic E-state index is -0.370. The molecule has 0 heterocycles. The highest BCUT2D eigenvalue weighted by Gasteiger charge is 2.02. The summed E-state index contributed by atoms with van der Waals surface area (Å²) in [6.07, 6.45) is 1.43. The van der Waals surface area contributed by atoms with Crippen molar-refractivity contribution in [3.63, 3.8) is 0 Å². The largest absolute Gasteiger partial charge is 0.398 e. The molecule has 0 aliphatic rings. The van der Waals surface area contributed by atoms with Crippen LogP contribution in [0.4, 0.5) is 4.39 Å². The third kappa shape index (κ3) is 2.32. The number of hydrogen-bond acceptors (Lipinski definition) is 2. The summed E-state index contributed by atoms with van der Waals surface area (Å²) in [4.78, 5) is 3.70. The molecule has 1 rings (SSSR count). The maximum absolute atomic E-state index is 13.2. The van der Waals surface area contributed by atoms with Gasteiger partial charge < -0.3 is 11.5 Å². The highest BCUT2D eigenvalue weighted by Crippen LogP contribution is 2.12. The summed E-state index contributed by atoms with van der Waals surface area (Å²) in [5, 5.41) is 0. The van der Waals surface area contributed by atoms with E-state index in [1.807, 2.05) is 0 Å². The number of aliphatic imine (C=N–C) groups is 1. The van der Waals surface area contributed by atoms with E-state index in [9.17, 15) is 4.39 Å². The topological polar surface area (TPSA) is 64.4 Å². The van der Waals surface area contributed by atoms with E-state index < -0.39 is 0 Å². The normalized spacial score (nSPS) is 13.0. The quantitative estimate of drug-likeness (QED) is 0.546. The van der Waals surface area contributed by atoms with Crippen LogP contribution in [0.1, 0.15) is 5.56 Å². The fourth-order valence-electron chi connectivity index (χ4n) is 0.997. The molecule has 4 N–H and O–H groups in total. The molecule has 3 nitrogen and oxygen atoms in total. The van der Waals surface area contributed by atoms with Crippen LogP contribution in [-0.4, -0.2) is 12.9 Å². The predicted octanol–water partition coefficient (Wildman–Crippen LogP) is 1.11. The first-order valence-corrected chi connectivity index (χ1v) is 4.09. The van der Waals surface area contributed by atoms with Crippen LogP contribution in [-0.2, 0) is 0 Å². The zero-order valence-corrected chi connectivity index (χ0v) is 7.87. The molecule has 0 fully saturated rings. The van der Waals surface area contributed by atoms with Gasteiger partial charge in [-0.1, -0.05) is 12.1 Å². The van der Waals surface area contributed by atoms with Gasteiger partial charge in [0.1, 0.15) is 11.7 Å². The molecule has 1 aromatic rings. The summed E-state index contributed by atoms with van der Waals surface area (Å²) in [6, 6.07) is 6.24. The van der Waals surface area contributed by atoms with Crippen LogP contribution in [0.15, 0.2) is 35.3 Å². The molecule has 74 valence electrons. The van der Waals surface area contributed by atoms with Crippen LogP contribution in [0.25, 0.3) is 5.70 Å². The zero-order chi connectivity index (χ0) is 10.6. The second-order valence-electron chi connectivity index (χ2n) is 2.73. The van der Waals surface area contributed by atoms with Gasteiger partial charge in [-0.15, -0.1) is 0 Å². The third-order valence-corrected chi connectivity index (χ3v) is 1.75. The van der Waals surface area contributed by atoms with Crippen LogP contribution in [0.3, 0.4) is 0 Å². The lowest BCUT2D eigenvalue weighted by molar-refractivity contribution is 0.624. The summed E-state index contributed by atoms with van der Waals surface area (Å²) >= 11 is 0. The molecule has 0 aromatic heterocycles. The maximum atomic E-state index is 13.2. The van der Waals surface area contributed by atoms with Crippen molar-refractivity contribution in [3.8, 4) is 0 Å². The number of rotatable bonds is 2. The van der Waals surface area contributed by atoms with Crippen molar-refractivity contribution in [1.29, 1.82) is 0 Å². The van der Waals surface area contributed by atoms with E-state index in [0.29, 0.717) is 5.56 Å². The van der Waals surface area contributed by atoms with Crippen molar-refractivity contribution < 1.29 is 4.39 Å². The summed E-state index contributed by atoms with van der Waals surface area (Å²) in [5.74, 6) is -0.101. The number of amidine groups is 1. The van der Waals surface area contributed by atoms with Crippen molar-refractivity contribution in [2.45, 2.75) is 0 Å². The van der Waals surface area contributed by atoms with Gasteiger partial charge in [0.2, 0.25) is 0 Å². The second-order valence-corrected chi connectivity index (χ2v) is 2.73. The molecule has 0 spiro atoms. The standard InChI is InChI=1S/C10H12FN3/c1-14-10(13)6-9(12)7-4-2-3-5-8(7)11/h2-6H,12H2,1H3,(H2,13,14). The molecular formula is C10H12FN3. The number of halogens is 1. The summed E-state index contributed by atoms with van der Waals surface area (Å²) in [6.45, 7) is 0. The Balaban J connectivity index is 3.07. The SMILES string of the molecule is CN=C(N)C=C(N)c1ccccc1F. The van der Waals surface area contributed by atoms with Gasteiger partial charge in [-0.25, -0.2) is 4.39 Å². The Kier molecular flexibility index (Phi) is 3.23. The summed E-state index contributed by atoms with van der Waals surface area (Å²) in [5.41, 5.74) is 11.7. The first kappa shape index (κ1) is 10.2. The Bertz CT molecular complexity index is 383. The Hall–Kier alpha value is -1.84. The van der Waals surface area contributed by atoms with Gasteiger partial charge >= 0.3 is 0 Å². The number of nitrogens with two attached hydrogens (primary N) is 2. The molecular weight excluding hydrogens is 181 g/mol. The Morgan fingerprint density at radius 3 is 2.57 bits per heavy atom. The Labute approximate surface area is 81.9 Å². The van der Waals surface area contributed by atoms with Gasteiger partial charge in [0.25, 0.3) is 0 Å². The van der Waals surface area contributed by atoms with Crippen LogP contribution in [0, 0.1) is 5.82 Å². The monoisotopic (exact) mass is 193 g/mol. The molecule has 0 saturated carbocycles. The van der Waals surface area contributed by atoms with Crippen LogP contribution >= 0.6 is 0 Å². The van der Waals surface area contributed by atoms with E-state index in [1.165, 1.54) is 12.1 Å². The second kappa shape index (κ2) is 4.41. The van der Waals surface area contributed by atoms with E-state index in [-0.39, 0.29) is 17.3 Å². The van der Waals surface area contributed by atoms with Gasteiger partial charge in [-0.2, -0.15) is 0 Å². The van der Waals surface area contributed by atoms with Crippen molar-refractivity contribution >= 4 is 11.5 Å². The molecule has 14 heavy (non-hydrogen) atoms. The molecule has 0 saturated heterocycles. The summed E-state index contributed by atoms with van der Waals surface area (Å²) < 4.78 is 13.2. The molecule has 0 bridgehead atoms. The molecule has 1 aromatic carbocycles. The predicted molar refractivity (Wildman–Crippen MR) is 56.1 cm³/mol. The van der Waals surface area contributed by atoms with E-state index in [4.69, 9.17) is 11.5 Å². The smallest absolute Gasteiger partial charge is 0.132 e. The maximum Gasteiger partial charge on any atom is 0.132 e. The zero-order valence-electron chi connectivity index (χ0n) is 7.87. The molecule has 4 heteroatoms. The third-order valence-electron chi connectivity index (χ3n) is 1.75. The molecule has 0 aliphatic heterocycles. The lowest BCUT2D eigenvalue weighted by Gasteiger charge is -2.02. The van der Waals surface area contributed by atoms with Crippen molar-refractivity contribution in [2.24, 2.45) is 16.5 Å². The van der Waals surface area contributed by atoms with Crippen molar-refractivity contribution in [1.82, 2.24) is 0 Å². The highest BCUT2D eigenvalue weighted by molar-refractivity contribution is 5.97. The lowest BCUT2D eigenvalue weighted by atomic mass is 10.1. The number of benzene rings is 1. The molecule has 0 amide bonds. The van der Waals surface area contributed by atoms with E-state index in [1.54, 1.807) is 25.2 Å². The first-order valence-electron chi connectivity index (χ1n) is 4.09. The van der Waals surface area contributed by atoms with Crippen molar-refractivity contribution in [3.05, 3.63) is 41.7 Å². The van der Waals surface area contributed by atoms with Gasteiger partial charge in [0, 0.05) is 24.4 Å². The molecule has 0 unspecified atom stereocenters. The average molecular weight is 193 g/mol. The van der Waals surface area contributed by atoms with Crippen LogP contribution in [0.2, 0.25) is 0 Å². The molecule has 0 atom stereocenters. The lowest BCUT2D eigenvalue weighted by Crippen LogP contribution is -2.11. The van der Waals surface area contributed by atoms with Gasteiger partial charge in [-0.3, -0.25) is 4.99 Å². The van der Waals surface area contributed by atoms with E-state index in [2.05, 4.69) is 4.99 Å². The van der Waals surface area contributed by atoms with Gasteiger partial charge in [-0.05, 0) is 12.1 Å². The minimum Gasteiger partial charge on any atom is -0.398 e. The Morgan fingerprint density at radius 1 is 1.36 bits per heavy atom. The fourth-order valence-corrected chi connectivity index (χ4v) is 0.997. The van der Waals surface area contributed by atoms with Gasteiger partial charge in [0.15, 0.2) is 0 Å². The number of nitrogens with zero attached hydrogens (tertiary/aromatic N) is 1. The van der Waals surface area contributed by atoms with Crippen molar-refractivity contribution in [2.75, 3.05) is 7.05 Å². The Morgan fingerprint density at radius 2 is 2.00 bits per heavy atom. The average Bonchev–Trinajstić information content (AvgIpc) is 2.18. The minimum absolute atomic E-state index is 0.269.